The van der Waals surface area contributed by atoms with Crippen molar-refractivity contribution in [2.45, 2.75) is 90.7 Å². The van der Waals surface area contributed by atoms with Crippen molar-refractivity contribution in [3.63, 3.8) is 0 Å². The quantitative estimate of drug-likeness (QED) is 0.275. The van der Waals surface area contributed by atoms with E-state index >= 15 is 0 Å². The van der Waals surface area contributed by atoms with Crippen molar-refractivity contribution in [3.8, 4) is 12.3 Å². The van der Waals surface area contributed by atoms with E-state index in [9.17, 15) is 19.5 Å². The summed E-state index contributed by atoms with van der Waals surface area (Å²) >= 11 is 0. The van der Waals surface area contributed by atoms with Gasteiger partial charge in [-0.1, -0.05) is 44.3 Å². The Bertz CT molecular complexity index is 1110. The lowest BCUT2D eigenvalue weighted by molar-refractivity contribution is -0.138. The molecular formula is C30H43N3O6. The lowest BCUT2D eigenvalue weighted by atomic mass is 9.46. The predicted octanol–water partition coefficient (Wildman–Crippen LogP) is 3.03. The van der Waals surface area contributed by atoms with Gasteiger partial charge in [0, 0.05) is 5.41 Å². The van der Waals surface area contributed by atoms with E-state index in [0.29, 0.717) is 24.2 Å². The van der Waals surface area contributed by atoms with E-state index in [1.54, 1.807) is 13.8 Å². The highest BCUT2D eigenvalue weighted by atomic mass is 16.6. The smallest absolute Gasteiger partial charge is 0.322 e. The van der Waals surface area contributed by atoms with Crippen LogP contribution in [-0.2, 0) is 19.2 Å². The van der Waals surface area contributed by atoms with E-state index in [1.807, 2.05) is 0 Å². The Kier molecular flexibility index (Phi) is 8.18. The molecule has 9 heteroatoms. The average molecular weight is 542 g/mol. The summed E-state index contributed by atoms with van der Waals surface area (Å²) in [7, 11) is 0. The van der Waals surface area contributed by atoms with Crippen LogP contribution in [0.4, 0.5) is 0 Å². The zero-order chi connectivity index (χ0) is 28.6. The fourth-order valence-electron chi connectivity index (χ4n) is 8.09. The molecule has 0 unspecified atom stereocenters. The van der Waals surface area contributed by atoms with Crippen LogP contribution in [0.1, 0.15) is 79.1 Å². The number of hydrogen-bond acceptors (Lipinski definition) is 6. The molecule has 0 saturated heterocycles. The van der Waals surface area contributed by atoms with Gasteiger partial charge < -0.3 is 25.7 Å². The number of carboxylic acid groups (broad SMARTS) is 1. The van der Waals surface area contributed by atoms with E-state index < -0.39 is 36.0 Å². The average Bonchev–Trinajstić information content (AvgIpc) is 3.16. The molecule has 7 atom stereocenters. The number of terminal acetylenes is 1. The highest BCUT2D eigenvalue weighted by Crippen LogP contribution is 2.67. The maximum absolute atomic E-state index is 12.4. The van der Waals surface area contributed by atoms with Gasteiger partial charge in [0.05, 0.1) is 5.71 Å². The number of carbonyl (C=O) groups excluding carboxylic acids is 2. The summed E-state index contributed by atoms with van der Waals surface area (Å²) < 4.78 is 0. The Morgan fingerprint density at radius 3 is 2.54 bits per heavy atom. The largest absolute Gasteiger partial charge is 0.480 e. The van der Waals surface area contributed by atoms with Crippen molar-refractivity contribution >= 4 is 23.5 Å². The summed E-state index contributed by atoms with van der Waals surface area (Å²) in [6.07, 6.45) is 15.5. The number of nitrogens with zero attached hydrogens (tertiary/aromatic N) is 1. The number of aliphatic carboxylic acids is 1. The first-order valence-corrected chi connectivity index (χ1v) is 14.2. The SMILES string of the molecule is C#C[C@@]1(O)CC[C@@H]2[C@@H]3CCC4=C/C(=N\OCC(=O)N[C@@H](C(=O)NCC(=O)O)C(C)C)CC[C@]4(C)[C@@H]3CC[C@@]21C. The molecule has 0 bridgehead atoms. The van der Waals surface area contributed by atoms with E-state index in [-0.39, 0.29) is 23.4 Å². The van der Waals surface area contributed by atoms with Crippen LogP contribution in [-0.4, -0.2) is 58.5 Å². The Balaban J connectivity index is 1.36. The minimum Gasteiger partial charge on any atom is -0.480 e. The lowest BCUT2D eigenvalue weighted by Gasteiger charge is -2.58. The molecule has 0 aromatic carbocycles. The summed E-state index contributed by atoms with van der Waals surface area (Å²) in [5.74, 6) is 1.90. The molecule has 9 nitrogen and oxygen atoms in total. The zero-order valence-corrected chi connectivity index (χ0v) is 23.6. The number of amides is 2. The first-order valence-electron chi connectivity index (χ1n) is 14.2. The third-order valence-electron chi connectivity index (χ3n) is 10.4. The molecule has 4 N–H and O–H groups in total. The second-order valence-corrected chi connectivity index (χ2v) is 12.8. The first-order chi connectivity index (χ1) is 18.3. The first kappa shape index (κ1) is 29.1. The molecule has 39 heavy (non-hydrogen) atoms. The van der Waals surface area contributed by atoms with Gasteiger partial charge in [-0.3, -0.25) is 14.4 Å². The number of carbonyl (C=O) groups is 3. The second kappa shape index (κ2) is 11.0. The Labute approximate surface area is 231 Å². The van der Waals surface area contributed by atoms with Crippen LogP contribution in [0.15, 0.2) is 16.8 Å². The number of carboxylic acids is 1. The molecule has 214 valence electrons. The molecule has 3 fully saturated rings. The van der Waals surface area contributed by atoms with E-state index in [0.717, 1.165) is 50.7 Å². The van der Waals surface area contributed by atoms with E-state index in [4.69, 9.17) is 16.4 Å². The topological polar surface area (TPSA) is 137 Å². The summed E-state index contributed by atoms with van der Waals surface area (Å²) in [5, 5.41) is 29.1. The van der Waals surface area contributed by atoms with Crippen LogP contribution in [0.3, 0.4) is 0 Å². The maximum Gasteiger partial charge on any atom is 0.322 e. The zero-order valence-electron chi connectivity index (χ0n) is 23.6. The van der Waals surface area contributed by atoms with Crippen LogP contribution < -0.4 is 10.6 Å². The minimum absolute atomic E-state index is 0.0886. The fourth-order valence-corrected chi connectivity index (χ4v) is 8.09. The molecule has 0 aromatic rings. The summed E-state index contributed by atoms with van der Waals surface area (Å²) in [6, 6.07) is -0.866. The number of rotatable bonds is 8. The number of aliphatic hydroxyl groups is 1. The molecule has 0 radical (unpaired) electrons. The molecule has 0 aliphatic heterocycles. The summed E-state index contributed by atoms with van der Waals surface area (Å²) in [4.78, 5) is 40.8. The van der Waals surface area contributed by atoms with Crippen molar-refractivity contribution in [3.05, 3.63) is 11.6 Å². The van der Waals surface area contributed by atoms with Gasteiger partial charge in [-0.05, 0) is 86.5 Å². The van der Waals surface area contributed by atoms with Crippen LogP contribution in [0.5, 0.6) is 0 Å². The summed E-state index contributed by atoms with van der Waals surface area (Å²) in [5.41, 5.74) is 1.10. The third-order valence-corrected chi connectivity index (χ3v) is 10.4. The maximum atomic E-state index is 12.4. The molecule has 2 amide bonds. The number of oxime groups is 1. The normalized spacial score (nSPS) is 37.0. The Morgan fingerprint density at radius 2 is 1.87 bits per heavy atom. The van der Waals surface area contributed by atoms with Crippen LogP contribution in [0.2, 0.25) is 0 Å². The van der Waals surface area contributed by atoms with Crippen LogP contribution in [0, 0.1) is 46.8 Å². The molecule has 4 aliphatic rings. The number of allylic oxidation sites excluding steroid dienone is 2. The Morgan fingerprint density at radius 1 is 1.15 bits per heavy atom. The lowest BCUT2D eigenvalue weighted by Crippen LogP contribution is -2.54. The van der Waals surface area contributed by atoms with Gasteiger partial charge in [0.15, 0.2) is 6.61 Å². The monoisotopic (exact) mass is 541 g/mol. The summed E-state index contributed by atoms with van der Waals surface area (Å²) in [6.45, 7) is 7.28. The van der Waals surface area contributed by atoms with Gasteiger partial charge in [-0.15, -0.1) is 6.42 Å². The Hall–Kier alpha value is -2.86. The minimum atomic E-state index is -1.15. The molecular weight excluding hydrogens is 498 g/mol. The van der Waals surface area contributed by atoms with Gasteiger partial charge >= 0.3 is 5.97 Å². The number of fused-ring (bicyclic) bond motifs is 5. The van der Waals surface area contributed by atoms with Gasteiger partial charge in [-0.25, -0.2) is 0 Å². The van der Waals surface area contributed by atoms with Crippen LogP contribution in [0.25, 0.3) is 0 Å². The highest BCUT2D eigenvalue weighted by Gasteiger charge is 2.63. The molecule has 0 aromatic heterocycles. The molecule has 4 aliphatic carbocycles. The molecule has 0 spiro atoms. The van der Waals surface area contributed by atoms with Crippen molar-refractivity contribution in [1.29, 1.82) is 0 Å². The predicted molar refractivity (Wildman–Crippen MR) is 146 cm³/mol. The fraction of sp³-hybridized carbons (Fsp3) is 0.733. The van der Waals surface area contributed by atoms with Crippen molar-refractivity contribution in [2.75, 3.05) is 13.2 Å². The highest BCUT2D eigenvalue weighted by molar-refractivity contribution is 5.96. The number of hydrogen-bond donors (Lipinski definition) is 4. The van der Waals surface area contributed by atoms with E-state index in [1.165, 1.54) is 5.57 Å². The third kappa shape index (κ3) is 5.32. The van der Waals surface area contributed by atoms with Gasteiger partial charge in [0.2, 0.25) is 5.91 Å². The molecule has 3 saturated carbocycles. The number of nitrogens with one attached hydrogen (secondary N) is 2. The van der Waals surface area contributed by atoms with Gasteiger partial charge in [0.25, 0.3) is 5.91 Å². The van der Waals surface area contributed by atoms with Crippen molar-refractivity contribution in [1.82, 2.24) is 10.6 Å². The second-order valence-electron chi connectivity index (χ2n) is 12.8. The van der Waals surface area contributed by atoms with E-state index in [2.05, 4.69) is 41.6 Å². The van der Waals surface area contributed by atoms with Crippen molar-refractivity contribution < 1.29 is 29.4 Å². The molecule has 0 heterocycles. The van der Waals surface area contributed by atoms with Gasteiger partial charge in [0.1, 0.15) is 18.2 Å². The van der Waals surface area contributed by atoms with Gasteiger partial charge in [-0.2, -0.15) is 0 Å². The van der Waals surface area contributed by atoms with Crippen LogP contribution >= 0.6 is 0 Å². The van der Waals surface area contributed by atoms with Crippen molar-refractivity contribution in [2.24, 2.45) is 39.7 Å². The molecule has 4 rings (SSSR count). The standard InChI is InChI=1S/C30H43N3O6/c1-6-30(38)14-11-23-21-8-7-19-15-20(9-12-28(19,4)22(21)10-13-29(23,30)5)33-39-17-24(34)32-26(18(2)3)27(37)31-16-25(35)36/h1,15,18,21-23,26,38H,7-14,16-17H2,2-5H3,(H,31,37)(H,32,34)(H,35,36)/b33-20-/t21-,22-,23-,26-,28+,29+,30-/m1/s1.